The molecule has 0 saturated carbocycles. The van der Waals surface area contributed by atoms with E-state index in [9.17, 15) is 0 Å². The predicted octanol–water partition coefficient (Wildman–Crippen LogP) is 8.13. The predicted molar refractivity (Wildman–Crippen MR) is 123 cm³/mol. The SMILES string of the molecule is ClP(N(c1ccccc1)c1ccccc1)N(c1ccccc1)c1ccccc1. The van der Waals surface area contributed by atoms with Crippen LogP contribution in [0.15, 0.2) is 121 Å². The molecule has 0 aromatic heterocycles. The molecular weight excluding hydrogens is 383 g/mol. The number of halogens is 1. The minimum atomic E-state index is -1.27. The van der Waals surface area contributed by atoms with Gasteiger partial charge in [-0.1, -0.05) is 72.8 Å². The summed E-state index contributed by atoms with van der Waals surface area (Å²) in [6.07, 6.45) is 0. The Morgan fingerprint density at radius 2 is 0.607 bits per heavy atom. The Kier molecular flexibility index (Phi) is 5.92. The van der Waals surface area contributed by atoms with Crippen molar-refractivity contribution in [3.05, 3.63) is 121 Å². The molecule has 0 aliphatic rings. The normalized spacial score (nSPS) is 10.6. The number of rotatable bonds is 6. The van der Waals surface area contributed by atoms with Crippen molar-refractivity contribution in [2.75, 3.05) is 9.34 Å². The van der Waals surface area contributed by atoms with Gasteiger partial charge in [0.05, 0.1) is 0 Å². The van der Waals surface area contributed by atoms with Gasteiger partial charge in [-0.15, -0.1) is 0 Å². The molecule has 0 saturated heterocycles. The third-order valence-electron chi connectivity index (χ3n) is 4.33. The Labute approximate surface area is 172 Å². The van der Waals surface area contributed by atoms with Gasteiger partial charge in [-0.05, 0) is 59.8 Å². The zero-order chi connectivity index (χ0) is 19.2. The first-order chi connectivity index (χ1) is 13.8. The van der Waals surface area contributed by atoms with Crippen molar-refractivity contribution in [3.63, 3.8) is 0 Å². The number of anilines is 4. The second kappa shape index (κ2) is 8.93. The van der Waals surface area contributed by atoms with Gasteiger partial charge in [0, 0.05) is 22.7 Å². The van der Waals surface area contributed by atoms with E-state index < -0.39 is 7.58 Å². The molecule has 4 rings (SSSR count). The first-order valence-corrected chi connectivity index (χ1v) is 11.3. The standard InChI is InChI=1S/C24H20ClN2P/c25-28(26(21-13-5-1-6-14-21)22-15-7-2-8-16-22)27(23-17-9-3-10-18-23)24-19-11-4-12-20-24/h1-20H. The molecule has 4 aromatic rings. The van der Waals surface area contributed by atoms with E-state index in [0.29, 0.717) is 0 Å². The van der Waals surface area contributed by atoms with Gasteiger partial charge in [-0.25, -0.2) is 0 Å². The van der Waals surface area contributed by atoms with E-state index in [1.165, 1.54) is 0 Å². The fraction of sp³-hybridized carbons (Fsp3) is 0. The average Bonchev–Trinajstić information content (AvgIpc) is 2.77. The van der Waals surface area contributed by atoms with Crippen LogP contribution < -0.4 is 9.34 Å². The van der Waals surface area contributed by atoms with Crippen molar-refractivity contribution in [2.24, 2.45) is 0 Å². The Hall–Kier alpha value is -2.80. The lowest BCUT2D eigenvalue weighted by Crippen LogP contribution is -2.19. The molecule has 0 aliphatic carbocycles. The molecule has 0 unspecified atom stereocenters. The van der Waals surface area contributed by atoms with Crippen molar-refractivity contribution in [2.45, 2.75) is 0 Å². The van der Waals surface area contributed by atoms with E-state index >= 15 is 0 Å². The van der Waals surface area contributed by atoms with Crippen LogP contribution in [0.25, 0.3) is 0 Å². The molecule has 28 heavy (non-hydrogen) atoms. The maximum Gasteiger partial charge on any atom is 0.207 e. The molecule has 0 spiro atoms. The van der Waals surface area contributed by atoms with Gasteiger partial charge in [0.2, 0.25) is 7.58 Å². The highest BCUT2D eigenvalue weighted by atomic mass is 35.7. The Morgan fingerprint density at radius 1 is 0.393 bits per heavy atom. The van der Waals surface area contributed by atoms with Gasteiger partial charge >= 0.3 is 0 Å². The highest BCUT2D eigenvalue weighted by Crippen LogP contribution is 2.59. The molecule has 0 radical (unpaired) electrons. The van der Waals surface area contributed by atoms with Crippen LogP contribution in [0.1, 0.15) is 0 Å². The number of hydrogen-bond acceptors (Lipinski definition) is 2. The van der Waals surface area contributed by atoms with Gasteiger partial charge in [0.1, 0.15) is 0 Å². The van der Waals surface area contributed by atoms with Crippen molar-refractivity contribution >= 4 is 41.6 Å². The van der Waals surface area contributed by atoms with E-state index in [1.807, 2.05) is 72.8 Å². The maximum atomic E-state index is 7.27. The molecule has 0 atom stereocenters. The molecule has 0 heterocycles. The molecular formula is C24H20ClN2P. The Balaban J connectivity index is 1.84. The quantitative estimate of drug-likeness (QED) is 0.300. The molecule has 0 fully saturated rings. The lowest BCUT2D eigenvalue weighted by atomic mass is 10.3. The van der Waals surface area contributed by atoms with E-state index in [1.54, 1.807) is 0 Å². The van der Waals surface area contributed by atoms with Gasteiger partial charge in [0.15, 0.2) is 0 Å². The van der Waals surface area contributed by atoms with E-state index in [-0.39, 0.29) is 0 Å². The van der Waals surface area contributed by atoms with E-state index in [0.717, 1.165) is 22.7 Å². The number of nitrogens with zero attached hydrogens (tertiary/aromatic N) is 2. The van der Waals surface area contributed by atoms with Crippen LogP contribution in [-0.4, -0.2) is 0 Å². The summed E-state index contributed by atoms with van der Waals surface area (Å²) in [7, 11) is -1.27. The zero-order valence-corrected chi connectivity index (χ0v) is 16.9. The Morgan fingerprint density at radius 3 is 0.821 bits per heavy atom. The molecule has 4 heteroatoms. The molecule has 0 N–H and O–H groups in total. The topological polar surface area (TPSA) is 6.48 Å². The van der Waals surface area contributed by atoms with E-state index in [2.05, 4.69) is 57.9 Å². The monoisotopic (exact) mass is 402 g/mol. The number of benzene rings is 4. The third-order valence-corrected chi connectivity index (χ3v) is 6.82. The second-order valence-corrected chi connectivity index (χ2v) is 8.39. The minimum Gasteiger partial charge on any atom is -0.290 e. The summed E-state index contributed by atoms with van der Waals surface area (Å²) >= 11 is 7.27. The van der Waals surface area contributed by atoms with Gasteiger partial charge in [-0.3, -0.25) is 9.34 Å². The fourth-order valence-corrected chi connectivity index (χ4v) is 5.57. The van der Waals surface area contributed by atoms with Crippen LogP contribution in [0.3, 0.4) is 0 Å². The Bertz CT molecular complexity index is 820. The summed E-state index contributed by atoms with van der Waals surface area (Å²) < 4.78 is 4.41. The van der Waals surface area contributed by atoms with Gasteiger partial charge < -0.3 is 0 Å². The molecule has 138 valence electrons. The summed E-state index contributed by atoms with van der Waals surface area (Å²) in [4.78, 5) is 0. The molecule has 4 aromatic carbocycles. The first kappa shape index (κ1) is 18.6. The van der Waals surface area contributed by atoms with Crippen molar-refractivity contribution in [1.82, 2.24) is 0 Å². The molecule has 0 aliphatic heterocycles. The highest BCUT2D eigenvalue weighted by molar-refractivity contribution is 7.87. The lowest BCUT2D eigenvalue weighted by molar-refractivity contribution is 1.35. The first-order valence-electron chi connectivity index (χ1n) is 9.11. The highest BCUT2D eigenvalue weighted by Gasteiger charge is 2.27. The molecule has 0 amide bonds. The summed E-state index contributed by atoms with van der Waals surface area (Å²) in [6, 6.07) is 41.2. The molecule has 2 nitrogen and oxygen atoms in total. The lowest BCUT2D eigenvalue weighted by Gasteiger charge is -2.37. The summed E-state index contributed by atoms with van der Waals surface area (Å²) in [5.41, 5.74) is 4.25. The van der Waals surface area contributed by atoms with Crippen LogP contribution in [-0.2, 0) is 0 Å². The summed E-state index contributed by atoms with van der Waals surface area (Å²) in [6.45, 7) is 0. The van der Waals surface area contributed by atoms with Crippen LogP contribution in [0, 0.1) is 0 Å². The maximum absolute atomic E-state index is 7.27. The van der Waals surface area contributed by atoms with Crippen LogP contribution in [0.5, 0.6) is 0 Å². The van der Waals surface area contributed by atoms with Crippen LogP contribution in [0.4, 0.5) is 22.7 Å². The van der Waals surface area contributed by atoms with Gasteiger partial charge in [-0.2, -0.15) is 0 Å². The number of hydrogen-bond donors (Lipinski definition) is 0. The van der Waals surface area contributed by atoms with Crippen molar-refractivity contribution in [3.8, 4) is 0 Å². The fourth-order valence-electron chi connectivity index (χ4n) is 3.05. The van der Waals surface area contributed by atoms with Crippen LogP contribution >= 0.6 is 18.8 Å². The molecule has 0 bridgehead atoms. The summed E-state index contributed by atoms with van der Waals surface area (Å²) in [5.74, 6) is 0. The van der Waals surface area contributed by atoms with Crippen molar-refractivity contribution < 1.29 is 0 Å². The minimum absolute atomic E-state index is 1.06. The second-order valence-electron chi connectivity index (χ2n) is 6.21. The third kappa shape index (κ3) is 4.04. The van der Waals surface area contributed by atoms with Crippen LogP contribution in [0.2, 0.25) is 0 Å². The zero-order valence-electron chi connectivity index (χ0n) is 15.3. The van der Waals surface area contributed by atoms with Gasteiger partial charge in [0.25, 0.3) is 0 Å². The van der Waals surface area contributed by atoms with E-state index in [4.69, 9.17) is 11.2 Å². The smallest absolute Gasteiger partial charge is 0.207 e. The average molecular weight is 403 g/mol. The largest absolute Gasteiger partial charge is 0.290 e. The van der Waals surface area contributed by atoms with Crippen molar-refractivity contribution in [1.29, 1.82) is 0 Å². The summed E-state index contributed by atoms with van der Waals surface area (Å²) in [5, 5.41) is 0. The number of para-hydroxylation sites is 4.